The minimum atomic E-state index is -0.00946. The summed E-state index contributed by atoms with van der Waals surface area (Å²) in [4.78, 5) is 4.35. The molecular formula is C16H16IN3O. The van der Waals surface area contributed by atoms with Gasteiger partial charge in [0.2, 0.25) is 5.88 Å². The van der Waals surface area contributed by atoms with Gasteiger partial charge in [0.1, 0.15) is 11.3 Å². The Hall–Kier alpha value is -1.63. The third-order valence-corrected chi connectivity index (χ3v) is 4.06. The Morgan fingerprint density at radius 2 is 1.95 bits per heavy atom. The van der Waals surface area contributed by atoms with E-state index < -0.39 is 0 Å². The number of hydrogen-bond acceptors (Lipinski definition) is 3. The van der Waals surface area contributed by atoms with Crippen LogP contribution in [0.3, 0.4) is 0 Å². The van der Waals surface area contributed by atoms with Crippen molar-refractivity contribution in [1.82, 2.24) is 14.6 Å². The van der Waals surface area contributed by atoms with Crippen LogP contribution >= 0.6 is 22.6 Å². The molecule has 4 nitrogen and oxygen atoms in total. The van der Waals surface area contributed by atoms with E-state index in [1.54, 1.807) is 6.20 Å². The van der Waals surface area contributed by atoms with Gasteiger partial charge in [-0.25, -0.2) is 9.50 Å². The van der Waals surface area contributed by atoms with Crippen LogP contribution in [0.4, 0.5) is 0 Å². The summed E-state index contributed by atoms with van der Waals surface area (Å²) in [5.41, 5.74) is 1.88. The van der Waals surface area contributed by atoms with E-state index >= 15 is 0 Å². The van der Waals surface area contributed by atoms with Gasteiger partial charge in [0.25, 0.3) is 0 Å². The maximum Gasteiger partial charge on any atom is 0.245 e. The van der Waals surface area contributed by atoms with E-state index in [1.807, 2.05) is 41.0 Å². The Balaban J connectivity index is 2.07. The summed E-state index contributed by atoms with van der Waals surface area (Å²) in [7, 11) is 0. The molecule has 0 amide bonds. The van der Waals surface area contributed by atoms with Gasteiger partial charge in [0.05, 0.1) is 9.26 Å². The van der Waals surface area contributed by atoms with E-state index in [0.29, 0.717) is 5.88 Å². The van der Waals surface area contributed by atoms with E-state index in [1.165, 1.54) is 0 Å². The van der Waals surface area contributed by atoms with Crippen LogP contribution in [0, 0.1) is 3.57 Å². The summed E-state index contributed by atoms with van der Waals surface area (Å²) in [5, 5.41) is 4.60. The second kappa shape index (κ2) is 5.29. The lowest BCUT2D eigenvalue weighted by atomic mass is 9.92. The number of benzene rings is 1. The summed E-state index contributed by atoms with van der Waals surface area (Å²) in [5.74, 6) is 1.38. The Morgan fingerprint density at radius 3 is 2.67 bits per heavy atom. The number of fused-ring (bicyclic) bond motifs is 1. The molecule has 1 aromatic carbocycles. The standard InChI is InChI=1S/C16H16IN3O/c1-16(2,3)14-10-12-15(18-8-9-20(12)19-14)21-13-7-5-4-6-11(13)17/h4-10H,1-3H3. The molecule has 0 bridgehead atoms. The van der Waals surface area contributed by atoms with Crippen molar-refractivity contribution in [3.05, 3.63) is 52.0 Å². The first-order chi connectivity index (χ1) is 9.95. The average Bonchev–Trinajstić information content (AvgIpc) is 2.86. The molecule has 5 heteroatoms. The highest BCUT2D eigenvalue weighted by Gasteiger charge is 2.19. The third-order valence-electron chi connectivity index (χ3n) is 3.17. The second-order valence-electron chi connectivity index (χ2n) is 5.87. The van der Waals surface area contributed by atoms with E-state index in [4.69, 9.17) is 4.74 Å². The molecule has 3 aromatic rings. The number of halogens is 1. The van der Waals surface area contributed by atoms with Gasteiger partial charge < -0.3 is 4.74 Å². The molecular weight excluding hydrogens is 377 g/mol. The van der Waals surface area contributed by atoms with Crippen molar-refractivity contribution in [1.29, 1.82) is 0 Å². The molecule has 0 aliphatic heterocycles. The number of hydrogen-bond donors (Lipinski definition) is 0. The molecule has 3 rings (SSSR count). The molecule has 0 saturated carbocycles. The van der Waals surface area contributed by atoms with Crippen molar-refractivity contribution in [3.8, 4) is 11.6 Å². The fourth-order valence-electron chi connectivity index (χ4n) is 1.97. The third kappa shape index (κ3) is 2.88. The maximum atomic E-state index is 5.97. The number of para-hydroxylation sites is 1. The van der Waals surface area contributed by atoms with E-state index in [9.17, 15) is 0 Å². The Morgan fingerprint density at radius 1 is 1.19 bits per heavy atom. The predicted molar refractivity (Wildman–Crippen MR) is 90.9 cm³/mol. The zero-order valence-corrected chi connectivity index (χ0v) is 14.3. The van der Waals surface area contributed by atoms with Crippen molar-refractivity contribution in [2.45, 2.75) is 26.2 Å². The minimum Gasteiger partial charge on any atom is -0.436 e. The van der Waals surface area contributed by atoms with Gasteiger partial charge in [-0.15, -0.1) is 0 Å². The second-order valence-corrected chi connectivity index (χ2v) is 7.04. The number of rotatable bonds is 2. The highest BCUT2D eigenvalue weighted by atomic mass is 127. The molecule has 2 aromatic heterocycles. The van der Waals surface area contributed by atoms with Crippen LogP contribution in [-0.4, -0.2) is 14.6 Å². The monoisotopic (exact) mass is 393 g/mol. The van der Waals surface area contributed by atoms with Gasteiger partial charge in [-0.05, 0) is 40.8 Å². The lowest BCUT2D eigenvalue weighted by Crippen LogP contribution is -2.11. The predicted octanol–water partition coefficient (Wildman–Crippen LogP) is 4.42. The molecule has 0 unspecified atom stereocenters. The Bertz CT molecular complexity index is 790. The van der Waals surface area contributed by atoms with E-state index in [-0.39, 0.29) is 5.41 Å². The van der Waals surface area contributed by atoms with Gasteiger partial charge in [-0.1, -0.05) is 32.9 Å². The SMILES string of the molecule is CC(C)(C)c1cc2c(Oc3ccccc3I)nccn2n1. The first-order valence-corrected chi connectivity index (χ1v) is 7.80. The highest BCUT2D eigenvalue weighted by molar-refractivity contribution is 14.1. The summed E-state index contributed by atoms with van der Waals surface area (Å²) < 4.78 is 8.84. The maximum absolute atomic E-state index is 5.97. The van der Waals surface area contributed by atoms with Gasteiger partial charge in [-0.2, -0.15) is 5.10 Å². The molecule has 0 aliphatic carbocycles. The largest absolute Gasteiger partial charge is 0.436 e. The quantitative estimate of drug-likeness (QED) is 0.605. The number of nitrogens with zero attached hydrogens (tertiary/aromatic N) is 3. The summed E-state index contributed by atoms with van der Waals surface area (Å²) in [6.07, 6.45) is 3.55. The summed E-state index contributed by atoms with van der Waals surface area (Å²) in [6, 6.07) is 9.92. The van der Waals surface area contributed by atoms with Crippen LogP contribution in [0.25, 0.3) is 5.52 Å². The fraction of sp³-hybridized carbons (Fsp3) is 0.250. The van der Waals surface area contributed by atoms with Crippen LogP contribution in [0.1, 0.15) is 26.5 Å². The molecule has 0 spiro atoms. The number of ether oxygens (including phenoxy) is 1. The lowest BCUT2D eigenvalue weighted by Gasteiger charge is -2.13. The normalized spacial score (nSPS) is 11.8. The molecule has 108 valence electrons. The topological polar surface area (TPSA) is 39.4 Å². The molecule has 0 N–H and O–H groups in total. The van der Waals surface area contributed by atoms with Gasteiger partial charge in [-0.3, -0.25) is 0 Å². The van der Waals surface area contributed by atoms with Crippen molar-refractivity contribution in [3.63, 3.8) is 0 Å². The molecule has 0 aliphatic rings. The Labute approximate surface area is 137 Å². The van der Waals surface area contributed by atoms with Gasteiger partial charge >= 0.3 is 0 Å². The zero-order valence-electron chi connectivity index (χ0n) is 12.2. The Kier molecular flexibility index (Phi) is 3.61. The molecule has 0 fully saturated rings. The van der Waals surface area contributed by atoms with Gasteiger partial charge in [0, 0.05) is 17.8 Å². The fourth-order valence-corrected chi connectivity index (χ4v) is 2.47. The molecule has 2 heterocycles. The highest BCUT2D eigenvalue weighted by Crippen LogP contribution is 2.30. The first-order valence-electron chi connectivity index (χ1n) is 6.72. The minimum absolute atomic E-state index is 0.00946. The van der Waals surface area contributed by atoms with Crippen LogP contribution in [0.2, 0.25) is 0 Å². The van der Waals surface area contributed by atoms with Crippen LogP contribution < -0.4 is 4.74 Å². The van der Waals surface area contributed by atoms with Gasteiger partial charge in [0.15, 0.2) is 0 Å². The molecule has 0 atom stereocenters. The molecule has 0 radical (unpaired) electrons. The molecule has 0 saturated heterocycles. The molecule has 21 heavy (non-hydrogen) atoms. The zero-order chi connectivity index (χ0) is 15.0. The summed E-state index contributed by atoms with van der Waals surface area (Å²) in [6.45, 7) is 6.43. The average molecular weight is 393 g/mol. The van der Waals surface area contributed by atoms with Crippen molar-refractivity contribution in [2.75, 3.05) is 0 Å². The first kappa shape index (κ1) is 14.3. The van der Waals surface area contributed by atoms with Crippen molar-refractivity contribution >= 4 is 28.1 Å². The van der Waals surface area contributed by atoms with Crippen LogP contribution in [0.15, 0.2) is 42.7 Å². The van der Waals surface area contributed by atoms with E-state index in [2.05, 4.69) is 53.4 Å². The van der Waals surface area contributed by atoms with E-state index in [0.717, 1.165) is 20.5 Å². The number of aromatic nitrogens is 3. The smallest absolute Gasteiger partial charge is 0.245 e. The van der Waals surface area contributed by atoms with Crippen molar-refractivity contribution < 1.29 is 4.74 Å². The van der Waals surface area contributed by atoms with Crippen LogP contribution in [0.5, 0.6) is 11.6 Å². The van der Waals surface area contributed by atoms with Crippen molar-refractivity contribution in [2.24, 2.45) is 0 Å². The summed E-state index contributed by atoms with van der Waals surface area (Å²) >= 11 is 2.25. The lowest BCUT2D eigenvalue weighted by molar-refractivity contribution is 0.462. The van der Waals surface area contributed by atoms with Crippen LogP contribution in [-0.2, 0) is 5.41 Å².